The molecule has 16 heavy (non-hydrogen) atoms. The molecular formula is C9H18N4O3. The number of nitrogens with one attached hydrogen (secondary N) is 1. The van der Waals surface area contributed by atoms with Crippen LogP contribution in [0, 0.1) is 5.92 Å². The Bertz CT molecular complexity index is 312. The van der Waals surface area contributed by atoms with Gasteiger partial charge in [-0.15, -0.1) is 0 Å². The van der Waals surface area contributed by atoms with E-state index in [9.17, 15) is 9.59 Å². The van der Waals surface area contributed by atoms with Crippen molar-refractivity contribution in [1.82, 2.24) is 5.32 Å². The third-order valence-electron chi connectivity index (χ3n) is 2.03. The van der Waals surface area contributed by atoms with E-state index in [1.54, 1.807) is 13.8 Å². The fourth-order valence-corrected chi connectivity index (χ4v) is 1.14. The van der Waals surface area contributed by atoms with Gasteiger partial charge in [-0.1, -0.05) is 5.16 Å². The number of nitrogens with two attached hydrogens (primary N) is 2. The minimum atomic E-state index is -0.767. The molecule has 1 atom stereocenters. The first-order valence-electron chi connectivity index (χ1n) is 4.77. The fourth-order valence-electron chi connectivity index (χ4n) is 1.14. The smallest absolute Gasteiger partial charge is 0.230 e. The quantitative estimate of drug-likeness (QED) is 0.212. The molecule has 0 saturated carbocycles. The predicted molar refractivity (Wildman–Crippen MR) is 58.6 cm³/mol. The molecule has 0 aromatic rings. The molecule has 0 radical (unpaired) electrons. The van der Waals surface area contributed by atoms with Crippen LogP contribution in [-0.4, -0.2) is 28.4 Å². The SMILES string of the molecule is CC(C(=O)NC(C)(C)CC(N)=O)C(N)=NO. The van der Waals surface area contributed by atoms with Crippen LogP contribution in [0.1, 0.15) is 27.2 Å². The maximum absolute atomic E-state index is 11.6. The fraction of sp³-hybridized carbons (Fsp3) is 0.667. The molecule has 7 nitrogen and oxygen atoms in total. The van der Waals surface area contributed by atoms with E-state index >= 15 is 0 Å². The Hall–Kier alpha value is -1.79. The van der Waals surface area contributed by atoms with Crippen LogP contribution in [0.4, 0.5) is 0 Å². The van der Waals surface area contributed by atoms with E-state index in [-0.39, 0.29) is 12.3 Å². The molecule has 6 N–H and O–H groups in total. The first-order chi connectivity index (χ1) is 7.19. The largest absolute Gasteiger partial charge is 0.409 e. The lowest BCUT2D eigenvalue weighted by Crippen LogP contribution is -2.49. The minimum absolute atomic E-state index is 0.0155. The summed E-state index contributed by atoms with van der Waals surface area (Å²) in [6, 6.07) is 0. The summed E-state index contributed by atoms with van der Waals surface area (Å²) in [7, 11) is 0. The topological polar surface area (TPSA) is 131 Å². The number of hydrogen-bond acceptors (Lipinski definition) is 4. The van der Waals surface area contributed by atoms with Gasteiger partial charge in [0, 0.05) is 12.0 Å². The lowest BCUT2D eigenvalue weighted by atomic mass is 9.98. The molecule has 0 saturated heterocycles. The zero-order chi connectivity index (χ0) is 12.9. The summed E-state index contributed by atoms with van der Waals surface area (Å²) in [5.41, 5.74) is 9.57. The number of rotatable bonds is 5. The maximum atomic E-state index is 11.6. The molecule has 1 unspecified atom stereocenters. The van der Waals surface area contributed by atoms with E-state index < -0.39 is 23.3 Å². The maximum Gasteiger partial charge on any atom is 0.230 e. The van der Waals surface area contributed by atoms with Gasteiger partial charge in [-0.05, 0) is 20.8 Å². The van der Waals surface area contributed by atoms with Crippen LogP contribution in [0.25, 0.3) is 0 Å². The molecule has 0 spiro atoms. The van der Waals surface area contributed by atoms with Gasteiger partial charge in [-0.2, -0.15) is 0 Å². The number of amides is 2. The zero-order valence-corrected chi connectivity index (χ0v) is 9.65. The summed E-state index contributed by atoms with van der Waals surface area (Å²) in [5, 5.41) is 13.7. The van der Waals surface area contributed by atoms with Crippen molar-refractivity contribution < 1.29 is 14.8 Å². The van der Waals surface area contributed by atoms with Crippen molar-refractivity contribution in [2.24, 2.45) is 22.5 Å². The van der Waals surface area contributed by atoms with E-state index in [1.807, 2.05) is 0 Å². The van der Waals surface area contributed by atoms with E-state index in [1.165, 1.54) is 6.92 Å². The van der Waals surface area contributed by atoms with E-state index in [0.717, 1.165) is 0 Å². The second-order valence-corrected chi connectivity index (χ2v) is 4.26. The van der Waals surface area contributed by atoms with Crippen LogP contribution in [0.2, 0.25) is 0 Å². The van der Waals surface area contributed by atoms with Crippen LogP contribution in [0.3, 0.4) is 0 Å². The Balaban J connectivity index is 4.50. The molecule has 2 amide bonds. The molecule has 0 rings (SSSR count). The molecule has 0 aromatic carbocycles. The van der Waals surface area contributed by atoms with E-state index in [4.69, 9.17) is 16.7 Å². The second kappa shape index (κ2) is 5.34. The lowest BCUT2D eigenvalue weighted by Gasteiger charge is -2.26. The Morgan fingerprint density at radius 1 is 1.44 bits per heavy atom. The summed E-state index contributed by atoms with van der Waals surface area (Å²) in [6.45, 7) is 4.81. The Kier molecular flexibility index (Phi) is 4.74. The molecule has 0 aliphatic rings. The monoisotopic (exact) mass is 230 g/mol. The first kappa shape index (κ1) is 14.2. The lowest BCUT2D eigenvalue weighted by molar-refractivity contribution is -0.125. The van der Waals surface area contributed by atoms with Gasteiger partial charge in [0.2, 0.25) is 11.8 Å². The Labute approximate surface area is 93.9 Å². The summed E-state index contributed by atoms with van der Waals surface area (Å²) >= 11 is 0. The summed E-state index contributed by atoms with van der Waals surface area (Å²) in [5.74, 6) is -1.90. The van der Waals surface area contributed by atoms with Gasteiger partial charge < -0.3 is 22.0 Å². The van der Waals surface area contributed by atoms with Crippen molar-refractivity contribution in [3.63, 3.8) is 0 Å². The second-order valence-electron chi connectivity index (χ2n) is 4.26. The van der Waals surface area contributed by atoms with Gasteiger partial charge >= 0.3 is 0 Å². The predicted octanol–water partition coefficient (Wildman–Crippen LogP) is -0.861. The van der Waals surface area contributed by atoms with Gasteiger partial charge in [-0.3, -0.25) is 9.59 Å². The highest BCUT2D eigenvalue weighted by Crippen LogP contribution is 2.09. The highest BCUT2D eigenvalue weighted by Gasteiger charge is 2.26. The Morgan fingerprint density at radius 3 is 2.31 bits per heavy atom. The van der Waals surface area contributed by atoms with Crippen molar-refractivity contribution >= 4 is 17.6 Å². The molecule has 0 aromatic heterocycles. The zero-order valence-electron chi connectivity index (χ0n) is 9.65. The van der Waals surface area contributed by atoms with Crippen molar-refractivity contribution in [2.45, 2.75) is 32.7 Å². The van der Waals surface area contributed by atoms with Gasteiger partial charge in [0.25, 0.3) is 0 Å². The minimum Gasteiger partial charge on any atom is -0.409 e. The van der Waals surface area contributed by atoms with Crippen LogP contribution in [0.15, 0.2) is 5.16 Å². The van der Waals surface area contributed by atoms with Gasteiger partial charge in [0.1, 0.15) is 0 Å². The molecule has 0 bridgehead atoms. The third-order valence-corrected chi connectivity index (χ3v) is 2.03. The standard InChI is InChI=1S/C9H18N4O3/c1-5(7(11)13-16)8(15)12-9(2,3)4-6(10)14/h5,16H,4H2,1-3H3,(H2,10,14)(H2,11,13)(H,12,15). The number of nitrogens with zero attached hydrogens (tertiary/aromatic N) is 1. The number of carbonyl (C=O) groups excluding carboxylic acids is 2. The number of carbonyl (C=O) groups is 2. The van der Waals surface area contributed by atoms with Crippen molar-refractivity contribution in [3.8, 4) is 0 Å². The van der Waals surface area contributed by atoms with Crippen molar-refractivity contribution in [1.29, 1.82) is 0 Å². The summed E-state index contributed by atoms with van der Waals surface area (Å²) in [4.78, 5) is 22.3. The van der Waals surface area contributed by atoms with Gasteiger partial charge in [0.05, 0.1) is 5.92 Å². The number of primary amides is 1. The normalized spacial score (nSPS) is 14.3. The molecule has 0 aliphatic heterocycles. The molecular weight excluding hydrogens is 212 g/mol. The number of amidine groups is 1. The number of oxime groups is 1. The Morgan fingerprint density at radius 2 is 1.94 bits per heavy atom. The molecule has 7 heteroatoms. The molecule has 0 heterocycles. The highest BCUT2D eigenvalue weighted by atomic mass is 16.4. The first-order valence-corrected chi connectivity index (χ1v) is 4.77. The van der Waals surface area contributed by atoms with Crippen LogP contribution in [-0.2, 0) is 9.59 Å². The molecule has 92 valence electrons. The highest BCUT2D eigenvalue weighted by molar-refractivity contribution is 6.01. The number of hydrogen-bond donors (Lipinski definition) is 4. The summed E-state index contributed by atoms with van der Waals surface area (Å²) in [6.07, 6.45) is 0.0155. The van der Waals surface area contributed by atoms with E-state index in [0.29, 0.717) is 0 Å². The molecule has 0 fully saturated rings. The summed E-state index contributed by atoms with van der Waals surface area (Å²) < 4.78 is 0. The molecule has 0 aliphatic carbocycles. The third kappa shape index (κ3) is 4.63. The van der Waals surface area contributed by atoms with Crippen LogP contribution >= 0.6 is 0 Å². The van der Waals surface area contributed by atoms with Crippen molar-refractivity contribution in [2.75, 3.05) is 0 Å². The van der Waals surface area contributed by atoms with Crippen molar-refractivity contribution in [3.05, 3.63) is 0 Å². The van der Waals surface area contributed by atoms with Crippen LogP contribution < -0.4 is 16.8 Å². The average molecular weight is 230 g/mol. The van der Waals surface area contributed by atoms with Gasteiger partial charge in [-0.25, -0.2) is 0 Å². The van der Waals surface area contributed by atoms with E-state index in [2.05, 4.69) is 10.5 Å². The average Bonchev–Trinajstić information content (AvgIpc) is 2.12. The van der Waals surface area contributed by atoms with Crippen LogP contribution in [0.5, 0.6) is 0 Å². The van der Waals surface area contributed by atoms with Gasteiger partial charge in [0.15, 0.2) is 5.84 Å².